The minimum absolute atomic E-state index is 0.0267. The summed E-state index contributed by atoms with van der Waals surface area (Å²) in [5, 5.41) is 0. The van der Waals surface area contributed by atoms with Crippen molar-refractivity contribution in [3.63, 3.8) is 0 Å². The smallest absolute Gasteiger partial charge is 0.338 e. The molecule has 0 spiro atoms. The normalized spacial score (nSPS) is 28.9. The van der Waals surface area contributed by atoms with Crippen LogP contribution in [0.15, 0.2) is 60.7 Å². The average Bonchev–Trinajstić information content (AvgIpc) is 2.78. The van der Waals surface area contributed by atoms with Gasteiger partial charge in [0.25, 0.3) is 0 Å². The van der Waals surface area contributed by atoms with Crippen LogP contribution < -0.4 is 0 Å². The molecule has 1 unspecified atom stereocenters. The highest BCUT2D eigenvalue weighted by Gasteiger charge is 2.56. The summed E-state index contributed by atoms with van der Waals surface area (Å²) < 4.78 is 11.9. The zero-order chi connectivity index (χ0) is 22.8. The SMILES string of the molecule is CC1(C)CCC[C@@]2(C)C1CC[C@@H](OC(=O)c1ccccc1)[C@@H]2COC(=O)c1ccccc1. The Balaban J connectivity index is 1.57. The summed E-state index contributed by atoms with van der Waals surface area (Å²) in [6.07, 6.45) is 4.98. The summed E-state index contributed by atoms with van der Waals surface area (Å²) >= 11 is 0. The van der Waals surface area contributed by atoms with E-state index in [0.29, 0.717) is 17.0 Å². The maximum Gasteiger partial charge on any atom is 0.338 e. The van der Waals surface area contributed by atoms with Crippen molar-refractivity contribution in [3.05, 3.63) is 71.8 Å². The monoisotopic (exact) mass is 434 g/mol. The van der Waals surface area contributed by atoms with Gasteiger partial charge in [0.15, 0.2) is 0 Å². The first-order chi connectivity index (χ1) is 15.3. The van der Waals surface area contributed by atoms with Crippen LogP contribution in [0.2, 0.25) is 0 Å². The molecule has 0 amide bonds. The molecule has 0 saturated heterocycles. The Kier molecular flexibility index (Phi) is 6.41. The summed E-state index contributed by atoms with van der Waals surface area (Å²) in [6, 6.07) is 18.2. The molecule has 2 aliphatic rings. The first-order valence-corrected chi connectivity index (χ1v) is 11.8. The summed E-state index contributed by atoms with van der Waals surface area (Å²) in [5.41, 5.74) is 1.29. The van der Waals surface area contributed by atoms with E-state index in [9.17, 15) is 9.59 Å². The minimum atomic E-state index is -0.320. The molecule has 4 atom stereocenters. The Hall–Kier alpha value is -2.62. The molecule has 2 aromatic carbocycles. The molecule has 2 fully saturated rings. The van der Waals surface area contributed by atoms with Gasteiger partial charge in [-0.2, -0.15) is 0 Å². The van der Waals surface area contributed by atoms with Crippen molar-refractivity contribution in [3.8, 4) is 0 Å². The van der Waals surface area contributed by atoms with Crippen LogP contribution in [0.25, 0.3) is 0 Å². The number of hydrogen-bond acceptors (Lipinski definition) is 4. The Morgan fingerprint density at radius 1 is 0.844 bits per heavy atom. The number of fused-ring (bicyclic) bond motifs is 1. The van der Waals surface area contributed by atoms with Crippen LogP contribution in [0.1, 0.15) is 73.6 Å². The minimum Gasteiger partial charge on any atom is -0.462 e. The highest BCUT2D eigenvalue weighted by Crippen LogP contribution is 2.60. The molecule has 32 heavy (non-hydrogen) atoms. The Morgan fingerprint density at radius 2 is 1.44 bits per heavy atom. The van der Waals surface area contributed by atoms with Gasteiger partial charge in [0.05, 0.1) is 17.7 Å². The highest BCUT2D eigenvalue weighted by atomic mass is 16.6. The van der Waals surface area contributed by atoms with Gasteiger partial charge in [0.1, 0.15) is 6.10 Å². The summed E-state index contributed by atoms with van der Waals surface area (Å²) in [6.45, 7) is 7.31. The summed E-state index contributed by atoms with van der Waals surface area (Å²) in [4.78, 5) is 25.6. The molecule has 0 aromatic heterocycles. The topological polar surface area (TPSA) is 52.6 Å². The third-order valence-corrected chi connectivity index (χ3v) is 7.98. The van der Waals surface area contributed by atoms with Crippen molar-refractivity contribution in [2.45, 2.75) is 59.0 Å². The van der Waals surface area contributed by atoms with Crippen LogP contribution in [-0.4, -0.2) is 24.6 Å². The lowest BCUT2D eigenvalue weighted by Gasteiger charge is -2.58. The van der Waals surface area contributed by atoms with Crippen LogP contribution in [0.5, 0.6) is 0 Å². The molecular formula is C28H34O4. The van der Waals surface area contributed by atoms with Gasteiger partial charge in [0, 0.05) is 5.92 Å². The Labute approximate surface area is 191 Å². The van der Waals surface area contributed by atoms with E-state index in [1.54, 1.807) is 24.3 Å². The predicted molar refractivity (Wildman–Crippen MR) is 124 cm³/mol. The average molecular weight is 435 g/mol. The van der Waals surface area contributed by atoms with Gasteiger partial charge < -0.3 is 9.47 Å². The molecule has 2 saturated carbocycles. The Morgan fingerprint density at radius 3 is 2.06 bits per heavy atom. The van der Waals surface area contributed by atoms with Gasteiger partial charge in [-0.25, -0.2) is 9.59 Å². The van der Waals surface area contributed by atoms with Crippen molar-refractivity contribution in [1.82, 2.24) is 0 Å². The van der Waals surface area contributed by atoms with Crippen molar-refractivity contribution in [2.24, 2.45) is 22.7 Å². The van der Waals surface area contributed by atoms with E-state index in [-0.39, 0.29) is 41.4 Å². The second kappa shape index (κ2) is 9.09. The number of benzene rings is 2. The number of hydrogen-bond donors (Lipinski definition) is 0. The van der Waals surface area contributed by atoms with Gasteiger partial charge in [-0.05, 0) is 66.7 Å². The fourth-order valence-electron chi connectivity index (χ4n) is 6.33. The van der Waals surface area contributed by atoms with E-state index in [1.807, 2.05) is 36.4 Å². The molecule has 0 N–H and O–H groups in total. The zero-order valence-corrected chi connectivity index (χ0v) is 19.4. The van der Waals surface area contributed by atoms with Gasteiger partial charge in [-0.3, -0.25) is 0 Å². The third kappa shape index (κ3) is 4.46. The number of rotatable bonds is 5. The number of carbonyl (C=O) groups excluding carboxylic acids is 2. The van der Waals surface area contributed by atoms with E-state index >= 15 is 0 Å². The largest absolute Gasteiger partial charge is 0.462 e. The predicted octanol–water partition coefficient (Wildman–Crippen LogP) is 6.31. The fraction of sp³-hybridized carbons (Fsp3) is 0.500. The number of ether oxygens (including phenoxy) is 2. The molecule has 0 aliphatic heterocycles. The van der Waals surface area contributed by atoms with Crippen LogP contribution in [-0.2, 0) is 9.47 Å². The molecule has 4 nitrogen and oxygen atoms in total. The van der Waals surface area contributed by atoms with Gasteiger partial charge >= 0.3 is 11.9 Å². The molecule has 0 heterocycles. The quantitative estimate of drug-likeness (QED) is 0.517. The van der Waals surface area contributed by atoms with Gasteiger partial charge in [0.2, 0.25) is 0 Å². The third-order valence-electron chi connectivity index (χ3n) is 7.98. The molecule has 2 aromatic rings. The lowest BCUT2D eigenvalue weighted by Crippen LogP contribution is -2.55. The summed E-state index contributed by atoms with van der Waals surface area (Å²) in [5.74, 6) is -0.136. The molecule has 0 radical (unpaired) electrons. The standard InChI is InChI=1S/C28H34O4/c1-27(2)17-10-18-28(3)22(19-31-25(29)20-11-6-4-7-12-20)23(15-16-24(27)28)32-26(30)21-13-8-5-9-14-21/h4-9,11-14,22-24H,10,15-19H2,1-3H3/t22-,23+,24?,28+/m0/s1. The fourth-order valence-corrected chi connectivity index (χ4v) is 6.33. The maximum atomic E-state index is 12.9. The molecule has 170 valence electrons. The zero-order valence-electron chi connectivity index (χ0n) is 19.4. The first-order valence-electron chi connectivity index (χ1n) is 11.8. The number of carbonyl (C=O) groups is 2. The lowest BCUT2D eigenvalue weighted by atomic mass is 9.48. The van der Waals surface area contributed by atoms with Crippen molar-refractivity contribution in [1.29, 1.82) is 0 Å². The molecular weight excluding hydrogens is 400 g/mol. The van der Waals surface area contributed by atoms with Crippen molar-refractivity contribution in [2.75, 3.05) is 6.61 Å². The first kappa shape index (κ1) is 22.6. The summed E-state index contributed by atoms with van der Waals surface area (Å²) in [7, 11) is 0. The van der Waals surface area contributed by atoms with Crippen LogP contribution in [0.4, 0.5) is 0 Å². The molecule has 0 bridgehead atoms. The van der Waals surface area contributed by atoms with Crippen molar-refractivity contribution >= 4 is 11.9 Å². The Bertz CT molecular complexity index is 936. The second-order valence-corrected chi connectivity index (χ2v) is 10.4. The van der Waals surface area contributed by atoms with Crippen LogP contribution in [0, 0.1) is 22.7 Å². The van der Waals surface area contributed by atoms with E-state index in [4.69, 9.17) is 9.47 Å². The van der Waals surface area contributed by atoms with Crippen LogP contribution in [0.3, 0.4) is 0 Å². The van der Waals surface area contributed by atoms with E-state index in [0.717, 1.165) is 25.7 Å². The van der Waals surface area contributed by atoms with E-state index in [2.05, 4.69) is 20.8 Å². The maximum absolute atomic E-state index is 12.9. The molecule has 4 heteroatoms. The van der Waals surface area contributed by atoms with Gasteiger partial charge in [-0.1, -0.05) is 63.6 Å². The molecule has 4 rings (SSSR count). The number of esters is 2. The van der Waals surface area contributed by atoms with Gasteiger partial charge in [-0.15, -0.1) is 0 Å². The highest BCUT2D eigenvalue weighted by molar-refractivity contribution is 5.90. The van der Waals surface area contributed by atoms with E-state index < -0.39 is 0 Å². The van der Waals surface area contributed by atoms with Crippen LogP contribution >= 0.6 is 0 Å². The molecule has 2 aliphatic carbocycles. The lowest BCUT2D eigenvalue weighted by molar-refractivity contribution is -0.140. The second-order valence-electron chi connectivity index (χ2n) is 10.4. The van der Waals surface area contributed by atoms with E-state index in [1.165, 1.54) is 6.42 Å². The van der Waals surface area contributed by atoms with Crippen molar-refractivity contribution < 1.29 is 19.1 Å².